The van der Waals surface area contributed by atoms with Crippen LogP contribution in [-0.4, -0.2) is 25.9 Å². The molecule has 0 aromatic heterocycles. The quantitative estimate of drug-likeness (QED) is 0.721. The van der Waals surface area contributed by atoms with E-state index in [2.05, 4.69) is 0 Å². The van der Waals surface area contributed by atoms with Gasteiger partial charge in [0.2, 0.25) is 0 Å². The molecule has 0 unspecified atom stereocenters. The van der Waals surface area contributed by atoms with E-state index in [0.717, 1.165) is 17.9 Å². The Labute approximate surface area is 78.7 Å². The van der Waals surface area contributed by atoms with Gasteiger partial charge in [-0.15, -0.1) is 0 Å². The summed E-state index contributed by atoms with van der Waals surface area (Å²) >= 11 is 0. The Morgan fingerprint density at radius 2 is 1.77 bits per heavy atom. The number of hydrogen-bond donors (Lipinski definition) is 1. The summed E-state index contributed by atoms with van der Waals surface area (Å²) < 4.78 is 10.4. The number of ether oxygens (including phenoxy) is 2. The Bertz CT molecular complexity index is 221. The molecule has 1 aliphatic carbocycles. The highest BCUT2D eigenvalue weighted by molar-refractivity contribution is 5.26. The van der Waals surface area contributed by atoms with Crippen molar-refractivity contribution in [1.29, 1.82) is 0 Å². The molecule has 1 aliphatic rings. The molecule has 0 amide bonds. The van der Waals surface area contributed by atoms with Gasteiger partial charge in [0.15, 0.2) is 0 Å². The fraction of sp³-hybridized carbons (Fsp3) is 0.600. The maximum atomic E-state index is 9.31. The van der Waals surface area contributed by atoms with Gasteiger partial charge < -0.3 is 14.6 Å². The second-order valence-electron chi connectivity index (χ2n) is 3.27. The summed E-state index contributed by atoms with van der Waals surface area (Å²) in [5.74, 6) is 1.55. The standard InChI is InChI=1S/C10H16O3/c1-10(7-11)8(12-2)5-4-6-9(10)13-3/h5-6,11H,4,7H2,1-3H3. The summed E-state index contributed by atoms with van der Waals surface area (Å²) in [6.07, 6.45) is 4.71. The number of rotatable bonds is 3. The summed E-state index contributed by atoms with van der Waals surface area (Å²) in [4.78, 5) is 0. The molecule has 3 nitrogen and oxygen atoms in total. The molecule has 0 aromatic carbocycles. The van der Waals surface area contributed by atoms with Crippen molar-refractivity contribution in [3.8, 4) is 0 Å². The first kappa shape index (κ1) is 10.1. The molecule has 0 atom stereocenters. The van der Waals surface area contributed by atoms with Crippen LogP contribution >= 0.6 is 0 Å². The monoisotopic (exact) mass is 184 g/mol. The number of aliphatic hydroxyl groups is 1. The number of methoxy groups -OCH3 is 2. The van der Waals surface area contributed by atoms with E-state index >= 15 is 0 Å². The molecule has 0 saturated carbocycles. The third-order valence-electron chi connectivity index (χ3n) is 2.45. The van der Waals surface area contributed by atoms with Crippen LogP contribution in [0.15, 0.2) is 23.7 Å². The van der Waals surface area contributed by atoms with E-state index in [-0.39, 0.29) is 6.61 Å². The Morgan fingerprint density at radius 1 is 1.31 bits per heavy atom. The van der Waals surface area contributed by atoms with Crippen LogP contribution in [0.3, 0.4) is 0 Å². The van der Waals surface area contributed by atoms with Crippen molar-refractivity contribution in [2.24, 2.45) is 5.41 Å². The molecule has 0 bridgehead atoms. The van der Waals surface area contributed by atoms with E-state index < -0.39 is 5.41 Å². The lowest BCUT2D eigenvalue weighted by molar-refractivity contribution is 0.0775. The van der Waals surface area contributed by atoms with Gasteiger partial charge >= 0.3 is 0 Å². The lowest BCUT2D eigenvalue weighted by atomic mass is 9.83. The third kappa shape index (κ3) is 1.56. The van der Waals surface area contributed by atoms with Gasteiger partial charge in [-0.05, 0) is 25.5 Å². The minimum absolute atomic E-state index is 0.00759. The normalized spacial score (nSPS) is 20.3. The summed E-state index contributed by atoms with van der Waals surface area (Å²) in [6, 6.07) is 0. The van der Waals surface area contributed by atoms with Crippen molar-refractivity contribution in [1.82, 2.24) is 0 Å². The first-order chi connectivity index (χ1) is 6.19. The van der Waals surface area contributed by atoms with Gasteiger partial charge in [-0.2, -0.15) is 0 Å². The Balaban J connectivity index is 2.98. The molecule has 1 rings (SSSR count). The molecule has 0 fully saturated rings. The van der Waals surface area contributed by atoms with E-state index in [0.29, 0.717) is 0 Å². The van der Waals surface area contributed by atoms with Crippen molar-refractivity contribution >= 4 is 0 Å². The van der Waals surface area contributed by atoms with Crippen LogP contribution in [-0.2, 0) is 9.47 Å². The van der Waals surface area contributed by atoms with Gasteiger partial charge in [-0.3, -0.25) is 0 Å². The first-order valence-corrected chi connectivity index (χ1v) is 4.29. The predicted octanol–water partition coefficient (Wildman–Crippen LogP) is 1.45. The van der Waals surface area contributed by atoms with Gasteiger partial charge in [-0.1, -0.05) is 0 Å². The molecule has 0 saturated heterocycles. The highest BCUT2D eigenvalue weighted by atomic mass is 16.5. The highest BCUT2D eigenvalue weighted by Gasteiger charge is 2.36. The SMILES string of the molecule is COC1=CCC=C(OC)C1(C)CO. The van der Waals surface area contributed by atoms with Crippen LogP contribution in [0.5, 0.6) is 0 Å². The van der Waals surface area contributed by atoms with E-state index in [4.69, 9.17) is 9.47 Å². The fourth-order valence-electron chi connectivity index (χ4n) is 1.62. The summed E-state index contributed by atoms with van der Waals surface area (Å²) in [7, 11) is 3.22. The molecule has 0 heterocycles. The molecule has 0 aliphatic heterocycles. The number of hydrogen-bond acceptors (Lipinski definition) is 3. The van der Waals surface area contributed by atoms with Crippen LogP contribution in [0.25, 0.3) is 0 Å². The molecular formula is C10H16O3. The van der Waals surface area contributed by atoms with Gasteiger partial charge in [0.05, 0.1) is 20.8 Å². The minimum atomic E-state index is -0.512. The van der Waals surface area contributed by atoms with Crippen LogP contribution in [0.1, 0.15) is 13.3 Å². The molecule has 13 heavy (non-hydrogen) atoms. The average molecular weight is 184 g/mol. The zero-order valence-corrected chi connectivity index (χ0v) is 8.33. The lowest BCUT2D eigenvalue weighted by Gasteiger charge is -2.32. The number of allylic oxidation sites excluding steroid dienone is 2. The zero-order valence-electron chi connectivity index (χ0n) is 8.33. The highest BCUT2D eigenvalue weighted by Crippen LogP contribution is 2.38. The molecule has 0 spiro atoms. The van der Waals surface area contributed by atoms with Crippen molar-refractivity contribution in [3.63, 3.8) is 0 Å². The Morgan fingerprint density at radius 3 is 2.08 bits per heavy atom. The summed E-state index contributed by atoms with van der Waals surface area (Å²) in [5, 5.41) is 9.31. The number of aliphatic hydroxyl groups excluding tert-OH is 1. The molecule has 1 N–H and O–H groups in total. The van der Waals surface area contributed by atoms with E-state index in [1.807, 2.05) is 19.1 Å². The van der Waals surface area contributed by atoms with E-state index in [1.54, 1.807) is 14.2 Å². The first-order valence-electron chi connectivity index (χ1n) is 4.29. The van der Waals surface area contributed by atoms with Crippen LogP contribution < -0.4 is 0 Å². The summed E-state index contributed by atoms with van der Waals surface area (Å²) in [5.41, 5.74) is -0.512. The Kier molecular flexibility index (Phi) is 2.98. The summed E-state index contributed by atoms with van der Waals surface area (Å²) in [6.45, 7) is 1.89. The van der Waals surface area contributed by atoms with E-state index in [9.17, 15) is 5.11 Å². The Hall–Kier alpha value is -0.960. The van der Waals surface area contributed by atoms with Gasteiger partial charge in [-0.25, -0.2) is 0 Å². The molecule has 3 heteroatoms. The largest absolute Gasteiger partial charge is 0.500 e. The van der Waals surface area contributed by atoms with Gasteiger partial charge in [0, 0.05) is 0 Å². The zero-order chi connectivity index (χ0) is 9.90. The van der Waals surface area contributed by atoms with Crippen molar-refractivity contribution in [2.45, 2.75) is 13.3 Å². The van der Waals surface area contributed by atoms with Gasteiger partial charge in [0.1, 0.15) is 16.9 Å². The third-order valence-corrected chi connectivity index (χ3v) is 2.45. The topological polar surface area (TPSA) is 38.7 Å². The predicted molar refractivity (Wildman–Crippen MR) is 50.0 cm³/mol. The van der Waals surface area contributed by atoms with Crippen LogP contribution in [0.4, 0.5) is 0 Å². The molecule has 0 aromatic rings. The van der Waals surface area contributed by atoms with Crippen LogP contribution in [0.2, 0.25) is 0 Å². The van der Waals surface area contributed by atoms with Crippen molar-refractivity contribution in [2.75, 3.05) is 20.8 Å². The maximum Gasteiger partial charge on any atom is 0.108 e. The maximum absolute atomic E-state index is 9.31. The minimum Gasteiger partial charge on any atom is -0.500 e. The van der Waals surface area contributed by atoms with Crippen molar-refractivity contribution in [3.05, 3.63) is 23.7 Å². The van der Waals surface area contributed by atoms with Gasteiger partial charge in [0.25, 0.3) is 0 Å². The fourth-order valence-corrected chi connectivity index (χ4v) is 1.62. The van der Waals surface area contributed by atoms with Crippen molar-refractivity contribution < 1.29 is 14.6 Å². The lowest BCUT2D eigenvalue weighted by Crippen LogP contribution is -2.30. The van der Waals surface area contributed by atoms with Crippen LogP contribution in [0, 0.1) is 5.41 Å². The molecule has 0 radical (unpaired) electrons. The average Bonchev–Trinajstić information content (AvgIpc) is 2.18. The molecule has 74 valence electrons. The smallest absolute Gasteiger partial charge is 0.108 e. The second kappa shape index (κ2) is 3.83. The second-order valence-corrected chi connectivity index (χ2v) is 3.27. The molecular weight excluding hydrogens is 168 g/mol. The van der Waals surface area contributed by atoms with E-state index in [1.165, 1.54) is 0 Å².